The summed E-state index contributed by atoms with van der Waals surface area (Å²) in [5.74, 6) is 3.39. The lowest BCUT2D eigenvalue weighted by Gasteiger charge is -2.06. The molecule has 10 nitrogen and oxygen atoms in total. The summed E-state index contributed by atoms with van der Waals surface area (Å²) < 4.78 is 11.5. The summed E-state index contributed by atoms with van der Waals surface area (Å²) in [5, 5.41) is 8.04. The number of hydrogen-bond acceptors (Lipinski definition) is 8. The van der Waals surface area contributed by atoms with Gasteiger partial charge in [0.15, 0.2) is 0 Å². The number of rotatable bonds is 3. The lowest BCUT2D eigenvalue weighted by atomic mass is 9.99. The average Bonchev–Trinajstić information content (AvgIpc) is 3.69. The highest BCUT2D eigenvalue weighted by Gasteiger charge is 2.17. The topological polar surface area (TPSA) is 135 Å². The quantitative estimate of drug-likeness (QED) is 0.210. The van der Waals surface area contributed by atoms with Crippen LogP contribution in [0.1, 0.15) is 34.6 Å². The zero-order valence-electron chi connectivity index (χ0n) is 23.4. The monoisotopic (exact) mass is 610 g/mol. The molecule has 0 bridgehead atoms. The van der Waals surface area contributed by atoms with Crippen molar-refractivity contribution in [2.45, 2.75) is 41.5 Å². The first-order chi connectivity index (χ1) is 19.7. The van der Waals surface area contributed by atoms with Gasteiger partial charge in [-0.25, -0.2) is 9.97 Å². The maximum absolute atomic E-state index is 5.31. The summed E-state index contributed by atoms with van der Waals surface area (Å²) in [7, 11) is 0. The van der Waals surface area contributed by atoms with Crippen LogP contribution < -0.4 is 0 Å². The second kappa shape index (κ2) is 10.4. The molecule has 7 aromatic rings. The molecule has 0 spiro atoms. The molecule has 5 heterocycles. The fourth-order valence-corrected chi connectivity index (χ4v) is 5.70. The van der Waals surface area contributed by atoms with E-state index >= 15 is 0 Å². The van der Waals surface area contributed by atoms with Crippen LogP contribution in [0.25, 0.3) is 55.6 Å². The molecule has 0 fully saturated rings. The first-order valence-electron chi connectivity index (χ1n) is 13.0. The summed E-state index contributed by atoms with van der Waals surface area (Å²) in [6.07, 6.45) is 5.09. The normalized spacial score (nSPS) is 11.3. The highest BCUT2D eigenvalue weighted by molar-refractivity contribution is 9.10. The Balaban J connectivity index is 0.000000152. The van der Waals surface area contributed by atoms with Crippen molar-refractivity contribution in [3.63, 3.8) is 0 Å². The molecule has 0 aliphatic carbocycles. The third kappa shape index (κ3) is 4.93. The molecule has 41 heavy (non-hydrogen) atoms. The fraction of sp³-hybridized carbons (Fsp3) is 0.200. The highest BCUT2D eigenvalue weighted by atomic mass is 79.9. The van der Waals surface area contributed by atoms with E-state index in [0.29, 0.717) is 0 Å². The van der Waals surface area contributed by atoms with E-state index in [1.807, 2.05) is 41.5 Å². The Morgan fingerprint density at radius 3 is 1.78 bits per heavy atom. The first-order valence-corrected chi connectivity index (χ1v) is 13.8. The van der Waals surface area contributed by atoms with Gasteiger partial charge in [0.1, 0.15) is 28.7 Å². The summed E-state index contributed by atoms with van der Waals surface area (Å²) in [6, 6.07) is 8.27. The minimum absolute atomic E-state index is 0.789. The SMILES string of the molecule is Cc1nc2c(-c3cnccn3)cc(-c3c(C)noc3C)cc2[nH]1.Cc1nc2c(Br)cc(-c3c(C)noc3C)cc2[nH]1. The average molecular weight is 612 g/mol. The van der Waals surface area contributed by atoms with Gasteiger partial charge in [-0.2, -0.15) is 0 Å². The molecule has 2 N–H and O–H groups in total. The highest BCUT2D eigenvalue weighted by Crippen LogP contribution is 2.35. The van der Waals surface area contributed by atoms with Gasteiger partial charge in [-0.15, -0.1) is 0 Å². The number of imidazole rings is 2. The number of benzene rings is 2. The number of nitrogens with zero attached hydrogens (tertiary/aromatic N) is 6. The molecule has 0 saturated heterocycles. The molecule has 206 valence electrons. The maximum atomic E-state index is 5.31. The van der Waals surface area contributed by atoms with Gasteiger partial charge in [0, 0.05) is 33.6 Å². The van der Waals surface area contributed by atoms with Gasteiger partial charge < -0.3 is 19.0 Å². The molecule has 0 aliphatic rings. The van der Waals surface area contributed by atoms with Crippen molar-refractivity contribution in [1.29, 1.82) is 0 Å². The molecule has 0 radical (unpaired) electrons. The molecule has 0 unspecified atom stereocenters. The van der Waals surface area contributed by atoms with Crippen LogP contribution in [0.3, 0.4) is 0 Å². The Hall–Kier alpha value is -4.64. The Bertz CT molecular complexity index is 2000. The van der Waals surface area contributed by atoms with Crippen LogP contribution in [-0.2, 0) is 0 Å². The van der Waals surface area contributed by atoms with Gasteiger partial charge in [0.2, 0.25) is 0 Å². The van der Waals surface area contributed by atoms with E-state index in [1.165, 1.54) is 0 Å². The van der Waals surface area contributed by atoms with Crippen LogP contribution in [-0.4, -0.2) is 40.2 Å². The lowest BCUT2D eigenvalue weighted by Crippen LogP contribution is -1.89. The van der Waals surface area contributed by atoms with E-state index in [4.69, 9.17) is 9.05 Å². The number of aromatic nitrogens is 8. The van der Waals surface area contributed by atoms with E-state index in [-0.39, 0.29) is 0 Å². The van der Waals surface area contributed by atoms with Crippen LogP contribution in [0.2, 0.25) is 0 Å². The van der Waals surface area contributed by atoms with Crippen LogP contribution in [0, 0.1) is 41.5 Å². The number of fused-ring (bicyclic) bond motifs is 2. The Morgan fingerprint density at radius 1 is 0.683 bits per heavy atom. The number of aryl methyl sites for hydroxylation is 6. The van der Waals surface area contributed by atoms with Crippen molar-refractivity contribution in [3.05, 3.63) is 81.9 Å². The van der Waals surface area contributed by atoms with Gasteiger partial charge in [-0.3, -0.25) is 9.97 Å². The summed E-state index contributed by atoms with van der Waals surface area (Å²) in [6.45, 7) is 11.6. The third-order valence-electron chi connectivity index (χ3n) is 6.85. The molecular weight excluding hydrogens is 584 g/mol. The van der Waals surface area contributed by atoms with Crippen LogP contribution >= 0.6 is 15.9 Å². The zero-order chi connectivity index (χ0) is 28.8. The van der Waals surface area contributed by atoms with Crippen molar-refractivity contribution >= 4 is 38.0 Å². The number of halogens is 1. The lowest BCUT2D eigenvalue weighted by molar-refractivity contribution is 0.393. The molecule has 11 heteroatoms. The zero-order valence-corrected chi connectivity index (χ0v) is 25.0. The van der Waals surface area contributed by atoms with Gasteiger partial charge in [0.25, 0.3) is 0 Å². The van der Waals surface area contributed by atoms with Crippen molar-refractivity contribution in [2.24, 2.45) is 0 Å². The van der Waals surface area contributed by atoms with E-state index in [2.05, 4.69) is 80.4 Å². The molecule has 0 atom stereocenters. The largest absolute Gasteiger partial charge is 0.361 e. The van der Waals surface area contributed by atoms with Crippen molar-refractivity contribution in [2.75, 3.05) is 0 Å². The Kier molecular flexibility index (Phi) is 6.74. The van der Waals surface area contributed by atoms with E-state index < -0.39 is 0 Å². The minimum Gasteiger partial charge on any atom is -0.361 e. The molecule has 0 saturated carbocycles. The second-order valence-corrected chi connectivity index (χ2v) is 10.8. The Labute approximate surface area is 243 Å². The number of hydrogen-bond donors (Lipinski definition) is 2. The first kappa shape index (κ1) is 26.6. The third-order valence-corrected chi connectivity index (χ3v) is 7.45. The van der Waals surface area contributed by atoms with E-state index in [0.717, 1.165) is 94.6 Å². The molecule has 7 rings (SSSR count). The second-order valence-electron chi connectivity index (χ2n) is 9.91. The van der Waals surface area contributed by atoms with Crippen molar-refractivity contribution in [1.82, 2.24) is 40.2 Å². The van der Waals surface area contributed by atoms with Gasteiger partial charge in [-0.05, 0) is 92.9 Å². The maximum Gasteiger partial charge on any atom is 0.141 e. The molecule has 0 amide bonds. The van der Waals surface area contributed by atoms with E-state index in [1.54, 1.807) is 18.6 Å². The molecule has 2 aromatic carbocycles. The van der Waals surface area contributed by atoms with Crippen LogP contribution in [0.15, 0.2) is 56.4 Å². The predicted octanol–water partition coefficient (Wildman–Crippen LogP) is 7.51. The van der Waals surface area contributed by atoms with Gasteiger partial charge in [0.05, 0.1) is 39.8 Å². The van der Waals surface area contributed by atoms with Gasteiger partial charge >= 0.3 is 0 Å². The van der Waals surface area contributed by atoms with Crippen molar-refractivity contribution in [3.8, 4) is 33.5 Å². The van der Waals surface area contributed by atoms with E-state index in [9.17, 15) is 0 Å². The van der Waals surface area contributed by atoms with Crippen LogP contribution in [0.4, 0.5) is 0 Å². The standard InChI is InChI=1S/C17H15N5O.C13H12BrN3O/c1-9-16(10(2)23-22-9)12-6-13(15-8-18-4-5-19-15)17-14(7-12)20-11(3)21-17;1-6-12(7(2)18-17-6)9-4-10(14)13-11(5-9)15-8(3)16-13/h4-8H,1-3H3,(H,20,21);4-5H,1-3H3,(H,15,16). The molecular formula is C30H27BrN8O2. The number of aromatic amines is 2. The molecule has 0 aliphatic heterocycles. The molecule has 5 aromatic heterocycles. The van der Waals surface area contributed by atoms with Crippen LogP contribution in [0.5, 0.6) is 0 Å². The summed E-state index contributed by atoms with van der Waals surface area (Å²) in [4.78, 5) is 24.2. The minimum atomic E-state index is 0.789. The van der Waals surface area contributed by atoms with Gasteiger partial charge in [-0.1, -0.05) is 10.3 Å². The Morgan fingerprint density at radius 2 is 1.24 bits per heavy atom. The van der Waals surface area contributed by atoms with Crippen molar-refractivity contribution < 1.29 is 9.05 Å². The number of H-pyrrole nitrogens is 2. The summed E-state index contributed by atoms with van der Waals surface area (Å²) >= 11 is 3.56. The number of nitrogens with one attached hydrogen (secondary N) is 2. The smallest absolute Gasteiger partial charge is 0.141 e. The fourth-order valence-electron chi connectivity index (χ4n) is 5.15. The predicted molar refractivity (Wildman–Crippen MR) is 160 cm³/mol. The summed E-state index contributed by atoms with van der Waals surface area (Å²) in [5.41, 5.74) is 11.5.